The average Bonchev–Trinajstić information content (AvgIpc) is 2.57. The Morgan fingerprint density at radius 2 is 1.78 bits per heavy atom. The minimum absolute atomic E-state index is 0.00178. The molecule has 122 valence electrons. The molecule has 2 N–H and O–H groups in total. The van der Waals surface area contributed by atoms with E-state index in [4.69, 9.17) is 4.74 Å². The SMILES string of the molecule is CCOc1ccc(NC(=O)CCNC(C)c2ccccc2)cc1. The highest BCUT2D eigenvalue weighted by molar-refractivity contribution is 5.90. The van der Waals surface area contributed by atoms with Gasteiger partial charge in [-0.3, -0.25) is 4.79 Å². The van der Waals surface area contributed by atoms with Gasteiger partial charge in [0.1, 0.15) is 5.75 Å². The van der Waals surface area contributed by atoms with Gasteiger partial charge in [-0.25, -0.2) is 0 Å². The lowest BCUT2D eigenvalue weighted by atomic mass is 10.1. The minimum Gasteiger partial charge on any atom is -0.494 e. The highest BCUT2D eigenvalue weighted by Gasteiger charge is 2.06. The van der Waals surface area contributed by atoms with Crippen LogP contribution in [-0.4, -0.2) is 19.1 Å². The zero-order chi connectivity index (χ0) is 16.5. The first kappa shape index (κ1) is 17.0. The molecular weight excluding hydrogens is 288 g/mol. The molecule has 0 bridgehead atoms. The smallest absolute Gasteiger partial charge is 0.225 e. The van der Waals surface area contributed by atoms with Crippen molar-refractivity contribution in [1.29, 1.82) is 0 Å². The Bertz CT molecular complexity index is 597. The second kappa shape index (κ2) is 8.96. The van der Waals surface area contributed by atoms with E-state index in [-0.39, 0.29) is 11.9 Å². The highest BCUT2D eigenvalue weighted by atomic mass is 16.5. The van der Waals surface area contributed by atoms with Crippen molar-refractivity contribution < 1.29 is 9.53 Å². The highest BCUT2D eigenvalue weighted by Crippen LogP contribution is 2.16. The molecule has 0 aliphatic rings. The fourth-order valence-corrected chi connectivity index (χ4v) is 2.29. The number of ether oxygens (including phenoxy) is 1. The number of hydrogen-bond acceptors (Lipinski definition) is 3. The van der Waals surface area contributed by atoms with Gasteiger partial charge in [-0.15, -0.1) is 0 Å². The lowest BCUT2D eigenvalue weighted by Gasteiger charge is -2.14. The summed E-state index contributed by atoms with van der Waals surface area (Å²) < 4.78 is 5.38. The molecule has 0 aliphatic carbocycles. The van der Waals surface area contributed by atoms with Crippen molar-refractivity contribution in [3.8, 4) is 5.75 Å². The Kier molecular flexibility index (Phi) is 6.63. The second-order valence-corrected chi connectivity index (χ2v) is 5.34. The van der Waals surface area contributed by atoms with Crippen molar-refractivity contribution in [2.45, 2.75) is 26.3 Å². The maximum atomic E-state index is 12.0. The summed E-state index contributed by atoms with van der Waals surface area (Å²) >= 11 is 0. The molecule has 2 aromatic carbocycles. The molecule has 0 aromatic heterocycles. The molecule has 23 heavy (non-hydrogen) atoms. The van der Waals surface area contributed by atoms with Crippen LogP contribution in [0.1, 0.15) is 31.9 Å². The van der Waals surface area contributed by atoms with E-state index in [1.165, 1.54) is 5.56 Å². The molecule has 0 radical (unpaired) electrons. The van der Waals surface area contributed by atoms with E-state index in [2.05, 4.69) is 29.7 Å². The number of amides is 1. The molecule has 0 heterocycles. The first-order valence-electron chi connectivity index (χ1n) is 8.00. The zero-order valence-electron chi connectivity index (χ0n) is 13.7. The summed E-state index contributed by atoms with van der Waals surface area (Å²) in [5.74, 6) is 0.811. The van der Waals surface area contributed by atoms with Gasteiger partial charge in [0.25, 0.3) is 0 Å². The van der Waals surface area contributed by atoms with Crippen LogP contribution < -0.4 is 15.4 Å². The van der Waals surface area contributed by atoms with Crippen LogP contribution in [0.15, 0.2) is 54.6 Å². The molecule has 1 atom stereocenters. The molecule has 2 aromatic rings. The lowest BCUT2D eigenvalue weighted by molar-refractivity contribution is -0.116. The number of benzene rings is 2. The van der Waals surface area contributed by atoms with Crippen LogP contribution in [0.2, 0.25) is 0 Å². The Balaban J connectivity index is 1.72. The molecule has 4 heteroatoms. The van der Waals surface area contributed by atoms with Crippen molar-refractivity contribution in [3.63, 3.8) is 0 Å². The molecule has 0 saturated heterocycles. The van der Waals surface area contributed by atoms with E-state index >= 15 is 0 Å². The summed E-state index contributed by atoms with van der Waals surface area (Å²) in [6.45, 7) is 5.31. The van der Waals surface area contributed by atoms with Crippen LogP contribution in [0.25, 0.3) is 0 Å². The molecule has 4 nitrogen and oxygen atoms in total. The van der Waals surface area contributed by atoms with Crippen molar-refractivity contribution in [3.05, 3.63) is 60.2 Å². The second-order valence-electron chi connectivity index (χ2n) is 5.34. The Morgan fingerprint density at radius 1 is 1.09 bits per heavy atom. The first-order valence-corrected chi connectivity index (χ1v) is 8.00. The largest absolute Gasteiger partial charge is 0.494 e. The van der Waals surface area contributed by atoms with Crippen molar-refractivity contribution in [2.24, 2.45) is 0 Å². The van der Waals surface area contributed by atoms with Gasteiger partial charge < -0.3 is 15.4 Å². The van der Waals surface area contributed by atoms with Crippen LogP contribution in [0.5, 0.6) is 5.75 Å². The van der Waals surface area contributed by atoms with Gasteiger partial charge in [-0.2, -0.15) is 0 Å². The third kappa shape index (κ3) is 5.75. The summed E-state index contributed by atoms with van der Waals surface area (Å²) in [5, 5.41) is 6.25. The van der Waals surface area contributed by atoms with E-state index in [1.54, 1.807) is 0 Å². The number of carbonyl (C=O) groups is 1. The molecule has 1 amide bonds. The molecule has 0 fully saturated rings. The minimum atomic E-state index is 0.00178. The quantitative estimate of drug-likeness (QED) is 0.780. The van der Waals surface area contributed by atoms with E-state index < -0.39 is 0 Å². The van der Waals surface area contributed by atoms with Crippen LogP contribution in [0, 0.1) is 0 Å². The predicted molar refractivity (Wildman–Crippen MR) is 93.7 cm³/mol. The fourth-order valence-electron chi connectivity index (χ4n) is 2.29. The summed E-state index contributed by atoms with van der Waals surface area (Å²) in [5.41, 5.74) is 2.01. The van der Waals surface area contributed by atoms with E-state index in [0.717, 1.165) is 11.4 Å². The van der Waals surface area contributed by atoms with Crippen LogP contribution in [0.3, 0.4) is 0 Å². The van der Waals surface area contributed by atoms with Crippen LogP contribution >= 0.6 is 0 Å². The summed E-state index contributed by atoms with van der Waals surface area (Å²) in [4.78, 5) is 12.0. The number of rotatable bonds is 8. The maximum absolute atomic E-state index is 12.0. The monoisotopic (exact) mass is 312 g/mol. The molecule has 0 aliphatic heterocycles. The molecule has 1 unspecified atom stereocenters. The molecule has 0 saturated carbocycles. The topological polar surface area (TPSA) is 50.4 Å². The molecular formula is C19H24N2O2. The van der Waals surface area contributed by atoms with E-state index in [0.29, 0.717) is 19.6 Å². The Hall–Kier alpha value is -2.33. The normalized spacial score (nSPS) is 11.7. The number of hydrogen-bond donors (Lipinski definition) is 2. The average molecular weight is 312 g/mol. The third-order valence-corrected chi connectivity index (χ3v) is 3.55. The van der Waals surface area contributed by atoms with Crippen molar-refractivity contribution >= 4 is 11.6 Å². The van der Waals surface area contributed by atoms with Gasteiger partial charge in [0, 0.05) is 24.7 Å². The predicted octanol–water partition coefficient (Wildman–Crippen LogP) is 3.76. The standard InChI is InChI=1S/C19H24N2O2/c1-3-23-18-11-9-17(10-12-18)21-19(22)13-14-20-15(2)16-7-5-4-6-8-16/h4-12,15,20H,3,13-14H2,1-2H3,(H,21,22). The van der Waals surface area contributed by atoms with Gasteiger partial charge >= 0.3 is 0 Å². The molecule has 2 rings (SSSR count). The van der Waals surface area contributed by atoms with E-state index in [1.807, 2.05) is 49.4 Å². The Morgan fingerprint density at radius 3 is 2.43 bits per heavy atom. The van der Waals surface area contributed by atoms with Gasteiger partial charge in [-0.1, -0.05) is 30.3 Å². The lowest BCUT2D eigenvalue weighted by Crippen LogP contribution is -2.24. The molecule has 0 spiro atoms. The summed E-state index contributed by atoms with van der Waals surface area (Å²) in [6, 6.07) is 17.8. The number of nitrogens with one attached hydrogen (secondary N) is 2. The van der Waals surface area contributed by atoms with Crippen LogP contribution in [-0.2, 0) is 4.79 Å². The van der Waals surface area contributed by atoms with E-state index in [9.17, 15) is 4.79 Å². The first-order chi connectivity index (χ1) is 11.2. The Labute approximate surface area is 137 Å². The van der Waals surface area contributed by atoms with Gasteiger partial charge in [0.05, 0.1) is 6.61 Å². The number of anilines is 1. The van der Waals surface area contributed by atoms with Gasteiger partial charge in [0.15, 0.2) is 0 Å². The number of carbonyl (C=O) groups excluding carboxylic acids is 1. The maximum Gasteiger partial charge on any atom is 0.225 e. The van der Waals surface area contributed by atoms with Gasteiger partial charge in [0.2, 0.25) is 5.91 Å². The zero-order valence-corrected chi connectivity index (χ0v) is 13.7. The van der Waals surface area contributed by atoms with Crippen molar-refractivity contribution in [2.75, 3.05) is 18.5 Å². The van der Waals surface area contributed by atoms with Crippen LogP contribution in [0.4, 0.5) is 5.69 Å². The fraction of sp³-hybridized carbons (Fsp3) is 0.316. The summed E-state index contributed by atoms with van der Waals surface area (Å²) in [6.07, 6.45) is 0.435. The van der Waals surface area contributed by atoms with Crippen molar-refractivity contribution in [1.82, 2.24) is 5.32 Å². The van der Waals surface area contributed by atoms with Gasteiger partial charge in [-0.05, 0) is 43.7 Å². The third-order valence-electron chi connectivity index (χ3n) is 3.55. The summed E-state index contributed by atoms with van der Waals surface area (Å²) in [7, 11) is 0.